The number of methoxy groups -OCH3 is 1. The Bertz CT molecular complexity index is 709. The van der Waals surface area contributed by atoms with Gasteiger partial charge in [0.2, 0.25) is 0 Å². The van der Waals surface area contributed by atoms with Gasteiger partial charge in [-0.05, 0) is 55.2 Å². The predicted molar refractivity (Wildman–Crippen MR) is 113 cm³/mol. The highest BCUT2D eigenvalue weighted by Gasteiger charge is 2.35. The van der Waals surface area contributed by atoms with Crippen molar-refractivity contribution in [1.29, 1.82) is 0 Å². The highest BCUT2D eigenvalue weighted by molar-refractivity contribution is 5.89. The molecule has 1 saturated carbocycles. The summed E-state index contributed by atoms with van der Waals surface area (Å²) in [5.74, 6) is -0.124. The maximum absolute atomic E-state index is 12.1. The number of allylic oxidation sites excluding steroid dienone is 1. The number of hydrogen-bond acceptors (Lipinski definition) is 5. The fraction of sp³-hybridized carbons (Fsp3) is 0.583. The number of benzene rings is 1. The Balaban J connectivity index is 2.08. The highest BCUT2D eigenvalue weighted by atomic mass is 16.5. The van der Waals surface area contributed by atoms with Crippen LogP contribution in [0.4, 0.5) is 0 Å². The molecule has 0 bridgehead atoms. The number of rotatable bonds is 11. The first-order chi connectivity index (χ1) is 14.0. The van der Waals surface area contributed by atoms with Gasteiger partial charge in [-0.1, -0.05) is 44.0 Å². The summed E-state index contributed by atoms with van der Waals surface area (Å²) < 4.78 is 4.66. The van der Waals surface area contributed by atoms with Crippen molar-refractivity contribution in [2.24, 2.45) is 5.92 Å². The van der Waals surface area contributed by atoms with Crippen LogP contribution in [0, 0.1) is 5.92 Å². The Hall–Kier alpha value is -2.14. The summed E-state index contributed by atoms with van der Waals surface area (Å²) in [7, 11) is 1.37. The lowest BCUT2D eigenvalue weighted by Gasteiger charge is -2.21. The van der Waals surface area contributed by atoms with Crippen LogP contribution in [0.1, 0.15) is 75.3 Å². The third-order valence-corrected chi connectivity index (χ3v) is 5.82. The normalized spacial score (nSPS) is 21.6. The second kappa shape index (κ2) is 11.8. The number of esters is 1. The van der Waals surface area contributed by atoms with E-state index < -0.39 is 6.10 Å². The highest BCUT2D eigenvalue weighted by Crippen LogP contribution is 2.44. The average molecular weight is 403 g/mol. The van der Waals surface area contributed by atoms with Crippen LogP contribution in [0.5, 0.6) is 5.75 Å². The van der Waals surface area contributed by atoms with Crippen molar-refractivity contribution in [3.05, 3.63) is 41.5 Å². The Morgan fingerprint density at radius 2 is 1.97 bits per heavy atom. The Morgan fingerprint density at radius 3 is 2.69 bits per heavy atom. The number of aliphatic hydroxyl groups is 1. The van der Waals surface area contributed by atoms with Crippen molar-refractivity contribution in [2.75, 3.05) is 7.11 Å². The maximum Gasteiger partial charge on any atom is 0.305 e. The van der Waals surface area contributed by atoms with E-state index in [9.17, 15) is 19.8 Å². The van der Waals surface area contributed by atoms with Gasteiger partial charge in [0, 0.05) is 18.8 Å². The van der Waals surface area contributed by atoms with E-state index in [1.807, 2.05) is 24.3 Å². The summed E-state index contributed by atoms with van der Waals surface area (Å²) in [6.45, 7) is 2.11. The lowest BCUT2D eigenvalue weighted by Crippen LogP contribution is -2.16. The quantitative estimate of drug-likeness (QED) is 0.325. The first-order valence-corrected chi connectivity index (χ1v) is 10.7. The molecule has 0 spiro atoms. The van der Waals surface area contributed by atoms with E-state index in [1.54, 1.807) is 6.08 Å². The molecular weight excluding hydrogens is 368 g/mol. The molecule has 1 aliphatic carbocycles. The third kappa shape index (κ3) is 6.70. The van der Waals surface area contributed by atoms with E-state index >= 15 is 0 Å². The average Bonchev–Trinajstić information content (AvgIpc) is 3.08. The second-order valence-corrected chi connectivity index (χ2v) is 7.90. The van der Waals surface area contributed by atoms with E-state index in [1.165, 1.54) is 7.11 Å². The van der Waals surface area contributed by atoms with Gasteiger partial charge in [0.15, 0.2) is 5.78 Å². The molecule has 1 aliphatic rings. The molecule has 0 heterocycles. The number of para-hydroxylation sites is 1. The SMILES string of the molecule is CCCCCC(=O)/C=C/[C@H]1[C@H](O)CC[C@@H]1c1cccc(CCCC(=O)OC)c1O. The van der Waals surface area contributed by atoms with Gasteiger partial charge in [-0.3, -0.25) is 9.59 Å². The van der Waals surface area contributed by atoms with Gasteiger partial charge in [-0.2, -0.15) is 0 Å². The smallest absolute Gasteiger partial charge is 0.305 e. The lowest BCUT2D eigenvalue weighted by atomic mass is 9.85. The number of phenols is 1. The van der Waals surface area contributed by atoms with Crippen LogP contribution in [0.2, 0.25) is 0 Å². The molecular formula is C24H34O5. The molecule has 0 radical (unpaired) electrons. The molecule has 0 aromatic heterocycles. The summed E-state index contributed by atoms with van der Waals surface area (Å²) in [5.41, 5.74) is 1.61. The molecule has 0 amide bonds. The molecule has 0 saturated heterocycles. The Labute approximate surface area is 173 Å². The van der Waals surface area contributed by atoms with Gasteiger partial charge >= 0.3 is 5.97 Å². The number of hydrogen-bond donors (Lipinski definition) is 2. The third-order valence-electron chi connectivity index (χ3n) is 5.82. The van der Waals surface area contributed by atoms with Crippen LogP contribution in [-0.2, 0) is 20.7 Å². The van der Waals surface area contributed by atoms with Gasteiger partial charge < -0.3 is 14.9 Å². The monoisotopic (exact) mass is 402 g/mol. The molecule has 1 aromatic rings. The number of aryl methyl sites for hydroxylation is 1. The van der Waals surface area contributed by atoms with Crippen LogP contribution in [0.3, 0.4) is 0 Å². The zero-order chi connectivity index (χ0) is 21.2. The Kier molecular flexibility index (Phi) is 9.39. The molecule has 5 nitrogen and oxygen atoms in total. The first-order valence-electron chi connectivity index (χ1n) is 10.7. The number of phenolic OH excluding ortho intramolecular Hbond substituents is 1. The van der Waals surface area contributed by atoms with Gasteiger partial charge in [-0.15, -0.1) is 0 Å². The standard InChI is InChI=1S/C24H34O5/c1-3-4-5-10-18(25)13-14-20-19(15-16-22(20)26)21-11-6-8-17(24(21)28)9-7-12-23(27)29-2/h6,8,11,13-14,19-20,22,26,28H,3-5,7,9-10,12,15-16H2,1-2H3/b14-13+/t19-,20+,22+/m0/s1. The Morgan fingerprint density at radius 1 is 1.17 bits per heavy atom. The maximum atomic E-state index is 12.1. The van der Waals surface area contributed by atoms with Crippen LogP contribution in [0.25, 0.3) is 0 Å². The number of aromatic hydroxyl groups is 1. The molecule has 2 N–H and O–H groups in total. The van der Waals surface area contributed by atoms with Crippen LogP contribution in [0.15, 0.2) is 30.4 Å². The van der Waals surface area contributed by atoms with Gasteiger partial charge in [0.05, 0.1) is 13.2 Å². The van der Waals surface area contributed by atoms with E-state index in [0.29, 0.717) is 32.1 Å². The van der Waals surface area contributed by atoms with Crippen LogP contribution < -0.4 is 0 Å². The summed E-state index contributed by atoms with van der Waals surface area (Å²) in [6.07, 6.45) is 9.40. The van der Waals surface area contributed by atoms with Crippen molar-refractivity contribution in [3.8, 4) is 5.75 Å². The fourth-order valence-corrected chi connectivity index (χ4v) is 4.12. The fourth-order valence-electron chi connectivity index (χ4n) is 4.12. The van der Waals surface area contributed by atoms with Crippen molar-refractivity contribution < 1.29 is 24.5 Å². The van der Waals surface area contributed by atoms with E-state index in [2.05, 4.69) is 11.7 Å². The van der Waals surface area contributed by atoms with Crippen LogP contribution in [-0.4, -0.2) is 35.2 Å². The number of ketones is 1. The molecule has 1 aromatic carbocycles. The number of aliphatic hydroxyl groups excluding tert-OH is 1. The predicted octanol–water partition coefficient (Wildman–Crippen LogP) is 4.45. The molecule has 1 fully saturated rings. The van der Waals surface area contributed by atoms with Gasteiger partial charge in [-0.25, -0.2) is 0 Å². The second-order valence-electron chi connectivity index (χ2n) is 7.90. The molecule has 0 unspecified atom stereocenters. The van der Waals surface area contributed by atoms with Crippen molar-refractivity contribution >= 4 is 11.8 Å². The first kappa shape index (κ1) is 23.1. The van der Waals surface area contributed by atoms with Gasteiger partial charge in [0.1, 0.15) is 5.75 Å². The zero-order valence-corrected chi connectivity index (χ0v) is 17.6. The van der Waals surface area contributed by atoms with Gasteiger partial charge in [0.25, 0.3) is 0 Å². The molecule has 29 heavy (non-hydrogen) atoms. The van der Waals surface area contributed by atoms with E-state index in [0.717, 1.165) is 36.8 Å². The van der Waals surface area contributed by atoms with Crippen molar-refractivity contribution in [1.82, 2.24) is 0 Å². The van der Waals surface area contributed by atoms with E-state index in [4.69, 9.17) is 0 Å². The number of carbonyl (C=O) groups is 2. The summed E-state index contributed by atoms with van der Waals surface area (Å²) >= 11 is 0. The minimum absolute atomic E-state index is 0.0229. The molecule has 0 aliphatic heterocycles. The summed E-state index contributed by atoms with van der Waals surface area (Å²) in [6, 6.07) is 5.67. The zero-order valence-electron chi connectivity index (χ0n) is 17.6. The number of unbranched alkanes of at least 4 members (excludes halogenated alkanes) is 2. The summed E-state index contributed by atoms with van der Waals surface area (Å²) in [5, 5.41) is 21.2. The lowest BCUT2D eigenvalue weighted by molar-refractivity contribution is -0.140. The largest absolute Gasteiger partial charge is 0.507 e. The van der Waals surface area contributed by atoms with Crippen molar-refractivity contribution in [3.63, 3.8) is 0 Å². The molecule has 5 heteroatoms. The summed E-state index contributed by atoms with van der Waals surface area (Å²) in [4.78, 5) is 23.4. The van der Waals surface area contributed by atoms with Crippen LogP contribution >= 0.6 is 0 Å². The molecule has 160 valence electrons. The minimum atomic E-state index is -0.512. The topological polar surface area (TPSA) is 83.8 Å². The molecule has 3 atom stereocenters. The number of carbonyl (C=O) groups excluding carboxylic acids is 2. The minimum Gasteiger partial charge on any atom is -0.507 e. The molecule has 2 rings (SSSR count). The van der Waals surface area contributed by atoms with Crippen molar-refractivity contribution in [2.45, 2.75) is 76.7 Å². The number of ether oxygens (including phenoxy) is 1. The van der Waals surface area contributed by atoms with E-state index in [-0.39, 0.29) is 29.3 Å².